The third-order valence-electron chi connectivity index (χ3n) is 2.59. The molecule has 1 aromatic heterocycles. The molecule has 0 saturated heterocycles. The summed E-state index contributed by atoms with van der Waals surface area (Å²) >= 11 is 4.98. The zero-order chi connectivity index (χ0) is 14.4. The first-order valence-electron chi connectivity index (χ1n) is 5.97. The Morgan fingerprint density at radius 2 is 1.80 bits per heavy atom. The Morgan fingerprint density at radius 3 is 2.50 bits per heavy atom. The molecule has 1 heterocycles. The average Bonchev–Trinajstić information content (AvgIpc) is 2.46. The summed E-state index contributed by atoms with van der Waals surface area (Å²) in [6.45, 7) is 0. The molecule has 0 unspecified atom stereocenters. The van der Waals surface area contributed by atoms with Crippen molar-refractivity contribution in [1.29, 1.82) is 0 Å². The Kier molecular flexibility index (Phi) is 4.62. The van der Waals surface area contributed by atoms with Crippen molar-refractivity contribution in [2.24, 2.45) is 0 Å². The van der Waals surface area contributed by atoms with Crippen LogP contribution in [0.2, 0.25) is 0 Å². The maximum Gasteiger partial charge on any atom is 0.272 e. The first kappa shape index (κ1) is 14.0. The molecule has 0 fully saturated rings. The Morgan fingerprint density at radius 1 is 1.05 bits per heavy atom. The van der Waals surface area contributed by atoms with Crippen molar-refractivity contribution in [1.82, 2.24) is 15.8 Å². The number of hydrogen-bond donors (Lipinski definition) is 3. The van der Waals surface area contributed by atoms with Gasteiger partial charge in [-0.2, -0.15) is 0 Å². The maximum atomic E-state index is 11.8. The van der Waals surface area contributed by atoms with E-state index in [0.29, 0.717) is 10.2 Å². The predicted molar refractivity (Wildman–Crippen MR) is 77.4 cm³/mol. The van der Waals surface area contributed by atoms with E-state index in [2.05, 4.69) is 15.8 Å². The SMILES string of the molecule is O=C(Cc1ccccc1)NNC(=O)c1ccc[nH]c1=S. The van der Waals surface area contributed by atoms with E-state index in [4.69, 9.17) is 12.2 Å². The number of hydrogen-bond acceptors (Lipinski definition) is 3. The van der Waals surface area contributed by atoms with Gasteiger partial charge < -0.3 is 4.98 Å². The molecule has 0 radical (unpaired) electrons. The molecule has 102 valence electrons. The van der Waals surface area contributed by atoms with Gasteiger partial charge in [-0.05, 0) is 17.7 Å². The van der Waals surface area contributed by atoms with Crippen LogP contribution < -0.4 is 10.9 Å². The van der Waals surface area contributed by atoms with Gasteiger partial charge in [-0.15, -0.1) is 0 Å². The number of hydrazine groups is 1. The Balaban J connectivity index is 1.89. The molecule has 3 N–H and O–H groups in total. The summed E-state index contributed by atoms with van der Waals surface area (Å²) in [4.78, 5) is 26.2. The highest BCUT2D eigenvalue weighted by molar-refractivity contribution is 7.71. The molecule has 0 spiro atoms. The summed E-state index contributed by atoms with van der Waals surface area (Å²) in [6.07, 6.45) is 1.83. The van der Waals surface area contributed by atoms with Crippen LogP contribution in [0.15, 0.2) is 48.7 Å². The van der Waals surface area contributed by atoms with Gasteiger partial charge in [-0.25, -0.2) is 0 Å². The minimum Gasteiger partial charge on any atom is -0.352 e. The van der Waals surface area contributed by atoms with Gasteiger partial charge in [0.2, 0.25) is 5.91 Å². The molecular formula is C14H13N3O2S. The van der Waals surface area contributed by atoms with Gasteiger partial charge in [0.25, 0.3) is 5.91 Å². The first-order valence-corrected chi connectivity index (χ1v) is 6.38. The molecule has 0 saturated carbocycles. The Hall–Kier alpha value is -2.47. The number of carbonyl (C=O) groups excluding carboxylic acids is 2. The zero-order valence-electron chi connectivity index (χ0n) is 10.6. The minimum absolute atomic E-state index is 0.197. The molecule has 2 amide bonds. The van der Waals surface area contributed by atoms with Crippen molar-refractivity contribution in [2.75, 3.05) is 0 Å². The average molecular weight is 287 g/mol. The van der Waals surface area contributed by atoms with Crippen LogP contribution in [0.25, 0.3) is 0 Å². The lowest BCUT2D eigenvalue weighted by molar-refractivity contribution is -0.121. The van der Waals surface area contributed by atoms with Gasteiger partial charge in [0, 0.05) is 6.20 Å². The number of H-pyrrole nitrogens is 1. The summed E-state index contributed by atoms with van der Waals surface area (Å²) in [5, 5.41) is 0. The van der Waals surface area contributed by atoms with Crippen LogP contribution in [0.3, 0.4) is 0 Å². The molecule has 2 rings (SSSR count). The number of carbonyl (C=O) groups is 2. The highest BCUT2D eigenvalue weighted by Gasteiger charge is 2.09. The van der Waals surface area contributed by atoms with Crippen LogP contribution in [-0.2, 0) is 11.2 Å². The summed E-state index contributed by atoms with van der Waals surface area (Å²) in [5.41, 5.74) is 5.87. The van der Waals surface area contributed by atoms with Crippen molar-refractivity contribution in [3.63, 3.8) is 0 Å². The van der Waals surface area contributed by atoms with Gasteiger partial charge in [-0.3, -0.25) is 20.4 Å². The number of amides is 2. The third kappa shape index (κ3) is 3.76. The van der Waals surface area contributed by atoms with E-state index in [9.17, 15) is 9.59 Å². The molecule has 1 aromatic carbocycles. The molecule has 6 heteroatoms. The molecule has 0 atom stereocenters. The molecule has 5 nitrogen and oxygen atoms in total. The number of nitrogens with one attached hydrogen (secondary N) is 3. The van der Waals surface area contributed by atoms with Crippen LogP contribution in [0.1, 0.15) is 15.9 Å². The standard InChI is InChI=1S/C14H13N3O2S/c18-12(9-10-5-2-1-3-6-10)16-17-13(19)11-7-4-8-15-14(11)20/h1-8H,9H2,(H,15,20)(H,16,18)(H,17,19). The largest absolute Gasteiger partial charge is 0.352 e. The number of aromatic amines is 1. The smallest absolute Gasteiger partial charge is 0.272 e. The second kappa shape index (κ2) is 6.63. The molecule has 2 aromatic rings. The fraction of sp³-hybridized carbons (Fsp3) is 0.0714. The summed E-state index contributed by atoms with van der Waals surface area (Å²) in [7, 11) is 0. The first-order chi connectivity index (χ1) is 9.66. The lowest BCUT2D eigenvalue weighted by Crippen LogP contribution is -2.42. The number of aromatic nitrogens is 1. The number of rotatable bonds is 3. The van der Waals surface area contributed by atoms with Crippen molar-refractivity contribution in [3.05, 3.63) is 64.4 Å². The van der Waals surface area contributed by atoms with Crippen LogP contribution in [-0.4, -0.2) is 16.8 Å². The van der Waals surface area contributed by atoms with Crippen molar-refractivity contribution >= 4 is 24.0 Å². The lowest BCUT2D eigenvalue weighted by Gasteiger charge is -2.07. The fourth-order valence-corrected chi connectivity index (χ4v) is 1.85. The number of benzene rings is 1. The maximum absolute atomic E-state index is 11.8. The topological polar surface area (TPSA) is 74.0 Å². The van der Waals surface area contributed by atoms with Gasteiger partial charge >= 0.3 is 0 Å². The van der Waals surface area contributed by atoms with Gasteiger partial charge in [-0.1, -0.05) is 42.5 Å². The highest BCUT2D eigenvalue weighted by atomic mass is 32.1. The third-order valence-corrected chi connectivity index (χ3v) is 2.92. The summed E-state index contributed by atoms with van der Waals surface area (Å²) < 4.78 is 0.322. The molecule has 0 aliphatic rings. The van der Waals surface area contributed by atoms with E-state index in [1.807, 2.05) is 30.3 Å². The minimum atomic E-state index is -0.451. The predicted octanol–water partition coefficient (Wildman–Crippen LogP) is 1.75. The molecule has 20 heavy (non-hydrogen) atoms. The normalized spacial score (nSPS) is 9.80. The monoisotopic (exact) mass is 287 g/mol. The summed E-state index contributed by atoms with van der Waals surface area (Å²) in [5.74, 6) is -0.747. The molecular weight excluding hydrogens is 274 g/mol. The Bertz CT molecular complexity index is 667. The van der Waals surface area contributed by atoms with Crippen molar-refractivity contribution in [3.8, 4) is 0 Å². The van der Waals surface area contributed by atoms with Crippen LogP contribution in [0.4, 0.5) is 0 Å². The van der Waals surface area contributed by atoms with Crippen LogP contribution >= 0.6 is 12.2 Å². The summed E-state index contributed by atoms with van der Waals surface area (Å²) in [6, 6.07) is 12.5. The molecule has 0 aliphatic heterocycles. The number of pyridine rings is 1. The van der Waals surface area contributed by atoms with Crippen molar-refractivity contribution in [2.45, 2.75) is 6.42 Å². The molecule has 0 bridgehead atoms. The van der Waals surface area contributed by atoms with E-state index in [0.717, 1.165) is 5.56 Å². The van der Waals surface area contributed by atoms with E-state index in [1.54, 1.807) is 18.3 Å². The van der Waals surface area contributed by atoms with Crippen molar-refractivity contribution < 1.29 is 9.59 Å². The van der Waals surface area contributed by atoms with Crippen LogP contribution in [0.5, 0.6) is 0 Å². The fourth-order valence-electron chi connectivity index (χ4n) is 1.62. The Labute approximate surface area is 121 Å². The van der Waals surface area contributed by atoms with E-state index in [-0.39, 0.29) is 12.3 Å². The highest BCUT2D eigenvalue weighted by Crippen LogP contribution is 2.00. The van der Waals surface area contributed by atoms with Gasteiger partial charge in [0.1, 0.15) is 4.64 Å². The van der Waals surface area contributed by atoms with Gasteiger partial charge in [0.05, 0.1) is 12.0 Å². The second-order valence-electron chi connectivity index (χ2n) is 4.08. The van der Waals surface area contributed by atoms with Gasteiger partial charge in [0.15, 0.2) is 0 Å². The quantitative estimate of drug-likeness (QED) is 0.595. The molecule has 0 aliphatic carbocycles. The van der Waals surface area contributed by atoms with E-state index < -0.39 is 5.91 Å². The zero-order valence-corrected chi connectivity index (χ0v) is 11.4. The second-order valence-corrected chi connectivity index (χ2v) is 4.49. The van der Waals surface area contributed by atoms with Crippen LogP contribution in [0, 0.1) is 4.64 Å². The van der Waals surface area contributed by atoms with E-state index >= 15 is 0 Å². The van der Waals surface area contributed by atoms with E-state index in [1.165, 1.54) is 0 Å². The lowest BCUT2D eigenvalue weighted by atomic mass is 10.1.